The SMILES string of the molecule is O=c1c2nccnc2n(Cc2ccc(Cl)cc2)c(=O)n1Cc1ccccc1. The molecule has 4 aromatic rings. The number of aromatic nitrogens is 4. The van der Waals surface area contributed by atoms with Crippen molar-refractivity contribution in [1.82, 2.24) is 19.1 Å². The smallest absolute Gasteiger partial charge is 0.272 e. The van der Waals surface area contributed by atoms with Crippen molar-refractivity contribution >= 4 is 22.8 Å². The summed E-state index contributed by atoms with van der Waals surface area (Å²) in [7, 11) is 0. The molecule has 0 fully saturated rings. The Balaban J connectivity index is 1.90. The second-order valence-corrected chi connectivity index (χ2v) is 6.54. The Bertz CT molecular complexity index is 1210. The van der Waals surface area contributed by atoms with E-state index < -0.39 is 11.2 Å². The van der Waals surface area contributed by atoms with Crippen molar-refractivity contribution in [2.24, 2.45) is 0 Å². The van der Waals surface area contributed by atoms with Crippen LogP contribution in [0.25, 0.3) is 11.2 Å². The van der Waals surface area contributed by atoms with Gasteiger partial charge in [-0.1, -0.05) is 54.1 Å². The first-order valence-corrected chi connectivity index (χ1v) is 8.74. The van der Waals surface area contributed by atoms with Gasteiger partial charge in [-0.25, -0.2) is 14.8 Å². The number of benzene rings is 2. The summed E-state index contributed by atoms with van der Waals surface area (Å²) >= 11 is 5.94. The van der Waals surface area contributed by atoms with Crippen LogP contribution in [0.4, 0.5) is 0 Å². The first-order chi connectivity index (χ1) is 13.1. The first-order valence-electron chi connectivity index (χ1n) is 8.36. The standard InChI is InChI=1S/C20H15ClN4O2/c21-16-8-6-15(7-9-16)12-24-18-17(22-10-11-23-18)19(26)25(20(24)27)13-14-4-2-1-3-5-14/h1-11H,12-13H2. The molecule has 0 aliphatic rings. The summed E-state index contributed by atoms with van der Waals surface area (Å²) in [5.74, 6) is 0. The molecule has 0 radical (unpaired) electrons. The third-order valence-corrected chi connectivity index (χ3v) is 4.53. The molecule has 2 heterocycles. The summed E-state index contributed by atoms with van der Waals surface area (Å²) < 4.78 is 2.66. The van der Waals surface area contributed by atoms with Crippen LogP contribution in [0, 0.1) is 0 Å². The summed E-state index contributed by atoms with van der Waals surface area (Å²) in [6.07, 6.45) is 2.93. The Morgan fingerprint density at radius 3 is 2.15 bits per heavy atom. The van der Waals surface area contributed by atoms with Crippen molar-refractivity contribution in [3.63, 3.8) is 0 Å². The Kier molecular flexibility index (Phi) is 4.56. The van der Waals surface area contributed by atoms with Crippen molar-refractivity contribution < 1.29 is 0 Å². The predicted molar refractivity (Wildman–Crippen MR) is 104 cm³/mol. The number of hydrogen-bond acceptors (Lipinski definition) is 4. The van der Waals surface area contributed by atoms with Gasteiger partial charge in [-0.15, -0.1) is 0 Å². The number of fused-ring (bicyclic) bond motifs is 1. The van der Waals surface area contributed by atoms with Gasteiger partial charge in [-0.2, -0.15) is 0 Å². The molecule has 7 heteroatoms. The van der Waals surface area contributed by atoms with Gasteiger partial charge in [-0.3, -0.25) is 13.9 Å². The van der Waals surface area contributed by atoms with Gasteiger partial charge < -0.3 is 0 Å². The Morgan fingerprint density at radius 2 is 1.41 bits per heavy atom. The van der Waals surface area contributed by atoms with Gasteiger partial charge >= 0.3 is 5.69 Å². The molecule has 0 spiro atoms. The zero-order chi connectivity index (χ0) is 18.8. The molecule has 0 aliphatic heterocycles. The van der Waals surface area contributed by atoms with Crippen LogP contribution < -0.4 is 11.2 Å². The summed E-state index contributed by atoms with van der Waals surface area (Å²) in [6, 6.07) is 16.6. The molecule has 0 unspecified atom stereocenters. The summed E-state index contributed by atoms with van der Waals surface area (Å²) in [4.78, 5) is 34.3. The van der Waals surface area contributed by atoms with Gasteiger partial charge in [-0.05, 0) is 23.3 Å². The lowest BCUT2D eigenvalue weighted by Crippen LogP contribution is -2.41. The summed E-state index contributed by atoms with van der Waals surface area (Å²) in [5, 5.41) is 0.616. The van der Waals surface area contributed by atoms with Gasteiger partial charge in [0.15, 0.2) is 11.2 Å². The van der Waals surface area contributed by atoms with Crippen LogP contribution in [0.3, 0.4) is 0 Å². The number of rotatable bonds is 4. The maximum Gasteiger partial charge on any atom is 0.333 e. The lowest BCUT2D eigenvalue weighted by Gasteiger charge is -2.13. The van der Waals surface area contributed by atoms with E-state index in [1.165, 1.54) is 21.5 Å². The van der Waals surface area contributed by atoms with E-state index in [0.717, 1.165) is 11.1 Å². The maximum atomic E-state index is 13.1. The third-order valence-electron chi connectivity index (χ3n) is 4.28. The van der Waals surface area contributed by atoms with Gasteiger partial charge in [0.2, 0.25) is 0 Å². The fourth-order valence-electron chi connectivity index (χ4n) is 2.95. The highest BCUT2D eigenvalue weighted by Gasteiger charge is 2.15. The van der Waals surface area contributed by atoms with E-state index in [2.05, 4.69) is 9.97 Å². The van der Waals surface area contributed by atoms with Crippen LogP contribution in [0.1, 0.15) is 11.1 Å². The second kappa shape index (κ2) is 7.17. The highest BCUT2D eigenvalue weighted by atomic mass is 35.5. The van der Waals surface area contributed by atoms with Crippen LogP contribution in [-0.4, -0.2) is 19.1 Å². The molecule has 2 aromatic heterocycles. The fraction of sp³-hybridized carbons (Fsp3) is 0.100. The minimum absolute atomic E-state index is 0.169. The topological polar surface area (TPSA) is 69.8 Å². The molecule has 0 bridgehead atoms. The van der Waals surface area contributed by atoms with Crippen molar-refractivity contribution in [3.05, 3.63) is 104 Å². The van der Waals surface area contributed by atoms with E-state index in [1.807, 2.05) is 42.5 Å². The van der Waals surface area contributed by atoms with Crippen LogP contribution in [0.15, 0.2) is 76.6 Å². The van der Waals surface area contributed by atoms with Gasteiger partial charge in [0.05, 0.1) is 13.1 Å². The van der Waals surface area contributed by atoms with E-state index in [4.69, 9.17) is 11.6 Å². The second-order valence-electron chi connectivity index (χ2n) is 6.10. The molecule has 27 heavy (non-hydrogen) atoms. The molecule has 134 valence electrons. The molecule has 0 saturated heterocycles. The third kappa shape index (κ3) is 3.39. The predicted octanol–water partition coefficient (Wildman–Crippen LogP) is 2.70. The minimum Gasteiger partial charge on any atom is -0.272 e. The number of nitrogens with zero attached hydrogens (tertiary/aromatic N) is 4. The minimum atomic E-state index is -0.445. The van der Waals surface area contributed by atoms with Crippen LogP contribution in [0.5, 0.6) is 0 Å². The average Bonchev–Trinajstić information content (AvgIpc) is 2.71. The van der Waals surface area contributed by atoms with E-state index in [9.17, 15) is 9.59 Å². The summed E-state index contributed by atoms with van der Waals surface area (Å²) in [6.45, 7) is 0.436. The quantitative estimate of drug-likeness (QED) is 0.547. The molecule has 0 aliphatic carbocycles. The van der Waals surface area contributed by atoms with Crippen LogP contribution in [-0.2, 0) is 13.1 Å². The normalized spacial score (nSPS) is 11.0. The van der Waals surface area contributed by atoms with Crippen LogP contribution in [0.2, 0.25) is 5.02 Å². The lowest BCUT2D eigenvalue weighted by atomic mass is 10.2. The molecule has 4 rings (SSSR count). The molecular weight excluding hydrogens is 364 g/mol. The molecule has 2 aromatic carbocycles. The molecule has 0 amide bonds. The average molecular weight is 379 g/mol. The number of hydrogen-bond donors (Lipinski definition) is 0. The lowest BCUT2D eigenvalue weighted by molar-refractivity contribution is 0.628. The van der Waals surface area contributed by atoms with E-state index in [1.54, 1.807) is 12.1 Å². The highest BCUT2D eigenvalue weighted by molar-refractivity contribution is 6.30. The fourth-order valence-corrected chi connectivity index (χ4v) is 3.08. The maximum absolute atomic E-state index is 13.1. The first kappa shape index (κ1) is 17.2. The molecule has 0 N–H and O–H groups in total. The Hall–Kier alpha value is -3.25. The molecule has 0 saturated carbocycles. The largest absolute Gasteiger partial charge is 0.333 e. The monoisotopic (exact) mass is 378 g/mol. The molecular formula is C20H15ClN4O2. The van der Waals surface area contributed by atoms with Crippen molar-refractivity contribution in [3.8, 4) is 0 Å². The van der Waals surface area contributed by atoms with Crippen molar-refractivity contribution in [2.45, 2.75) is 13.1 Å². The Labute approximate surface area is 159 Å². The Morgan fingerprint density at radius 1 is 0.778 bits per heavy atom. The number of halogens is 1. The van der Waals surface area contributed by atoms with E-state index in [-0.39, 0.29) is 24.3 Å². The molecule has 0 atom stereocenters. The van der Waals surface area contributed by atoms with Crippen molar-refractivity contribution in [2.75, 3.05) is 0 Å². The zero-order valence-electron chi connectivity index (χ0n) is 14.2. The van der Waals surface area contributed by atoms with E-state index >= 15 is 0 Å². The van der Waals surface area contributed by atoms with Gasteiger partial charge in [0.1, 0.15) is 0 Å². The van der Waals surface area contributed by atoms with E-state index in [0.29, 0.717) is 5.02 Å². The van der Waals surface area contributed by atoms with Gasteiger partial charge in [0.25, 0.3) is 5.56 Å². The van der Waals surface area contributed by atoms with Gasteiger partial charge in [0, 0.05) is 17.4 Å². The summed E-state index contributed by atoms with van der Waals surface area (Å²) in [5.41, 5.74) is 1.30. The molecule has 6 nitrogen and oxygen atoms in total. The zero-order valence-corrected chi connectivity index (χ0v) is 15.0. The van der Waals surface area contributed by atoms with Crippen LogP contribution >= 0.6 is 11.6 Å². The highest BCUT2D eigenvalue weighted by Crippen LogP contribution is 2.12. The van der Waals surface area contributed by atoms with Crippen molar-refractivity contribution in [1.29, 1.82) is 0 Å².